The van der Waals surface area contributed by atoms with E-state index in [1.165, 1.54) is 13.1 Å². The van der Waals surface area contributed by atoms with E-state index >= 15 is 0 Å². The highest BCUT2D eigenvalue weighted by atomic mass is 35.5. The highest BCUT2D eigenvalue weighted by molar-refractivity contribution is 7.86. The molecule has 2 aromatic carbocycles. The molecule has 0 saturated carbocycles. The molecule has 8 nitrogen and oxygen atoms in total. The van der Waals surface area contributed by atoms with Gasteiger partial charge in [0.2, 0.25) is 5.91 Å². The summed E-state index contributed by atoms with van der Waals surface area (Å²) in [5.41, 5.74) is 1.02. The normalized spacial score (nSPS) is 15.9. The molecular weight excluding hydrogens is 440 g/mol. The second kappa shape index (κ2) is 8.58. The number of hydrogen-bond donors (Lipinski definition) is 3. The number of carbonyl (C=O) groups excluding carboxylic acids is 2. The van der Waals surface area contributed by atoms with Gasteiger partial charge in [0.15, 0.2) is 0 Å². The van der Waals surface area contributed by atoms with Crippen LogP contribution in [0.15, 0.2) is 42.5 Å². The van der Waals surface area contributed by atoms with Gasteiger partial charge >= 0.3 is 0 Å². The molecule has 10 heteroatoms. The van der Waals surface area contributed by atoms with E-state index in [1.54, 1.807) is 12.1 Å². The maximum Gasteiger partial charge on any atom is 0.276 e. The highest BCUT2D eigenvalue weighted by Gasteiger charge is 2.54. The van der Waals surface area contributed by atoms with Crippen molar-refractivity contribution in [3.05, 3.63) is 64.2 Å². The van der Waals surface area contributed by atoms with Crippen molar-refractivity contribution in [3.8, 4) is 0 Å². The third-order valence-corrected chi connectivity index (χ3v) is 6.70. The SMILES string of the molecule is CNC(=O)c1cc(Cl)ccc1NC(=O)C1(c2ccccc2C(C)C)CN(S(N)(=O)=O)C1. The van der Waals surface area contributed by atoms with Crippen molar-refractivity contribution < 1.29 is 18.0 Å². The minimum absolute atomic E-state index is 0.0930. The van der Waals surface area contributed by atoms with E-state index in [0.29, 0.717) is 5.02 Å². The molecule has 2 aromatic rings. The van der Waals surface area contributed by atoms with Gasteiger partial charge in [0, 0.05) is 25.2 Å². The minimum Gasteiger partial charge on any atom is -0.355 e. The van der Waals surface area contributed by atoms with Gasteiger partial charge in [-0.1, -0.05) is 49.7 Å². The van der Waals surface area contributed by atoms with Crippen LogP contribution < -0.4 is 15.8 Å². The molecule has 0 radical (unpaired) electrons. The van der Waals surface area contributed by atoms with Crippen LogP contribution in [0.3, 0.4) is 0 Å². The molecule has 1 saturated heterocycles. The fourth-order valence-corrected chi connectivity index (χ4v) is 4.77. The van der Waals surface area contributed by atoms with Gasteiger partial charge < -0.3 is 10.6 Å². The van der Waals surface area contributed by atoms with E-state index in [1.807, 2.05) is 38.1 Å². The van der Waals surface area contributed by atoms with E-state index in [0.717, 1.165) is 15.4 Å². The largest absolute Gasteiger partial charge is 0.355 e. The minimum atomic E-state index is -3.94. The van der Waals surface area contributed by atoms with E-state index in [-0.39, 0.29) is 30.3 Å². The predicted octanol–water partition coefficient (Wildman–Crippen LogP) is 2.22. The Morgan fingerprint density at radius 1 is 1.16 bits per heavy atom. The standard InChI is InChI=1S/C21H25ClN4O4S/c1-13(2)15-6-4-5-7-17(15)21(11-26(12-21)31(23,29)30)20(28)25-18-9-8-14(22)10-16(18)19(27)24-3/h4-10,13H,11-12H2,1-3H3,(H,24,27)(H,25,28)(H2,23,29,30). The smallest absolute Gasteiger partial charge is 0.276 e. The molecule has 0 spiro atoms. The van der Waals surface area contributed by atoms with Crippen LogP contribution in [-0.4, -0.2) is 44.7 Å². The van der Waals surface area contributed by atoms with Gasteiger partial charge in [0.25, 0.3) is 16.1 Å². The zero-order valence-corrected chi connectivity index (χ0v) is 19.0. The number of benzene rings is 2. The molecule has 1 fully saturated rings. The Morgan fingerprint density at radius 3 is 2.39 bits per heavy atom. The summed E-state index contributed by atoms with van der Waals surface area (Å²) in [6.45, 7) is 3.82. The number of nitrogens with two attached hydrogens (primary N) is 1. The van der Waals surface area contributed by atoms with Gasteiger partial charge in [-0.3, -0.25) is 9.59 Å². The third-order valence-electron chi connectivity index (χ3n) is 5.49. The number of halogens is 1. The Bertz CT molecular complexity index is 1130. The van der Waals surface area contributed by atoms with Crippen LogP contribution in [0.25, 0.3) is 0 Å². The molecule has 1 heterocycles. The number of amides is 2. The van der Waals surface area contributed by atoms with Crippen LogP contribution >= 0.6 is 11.6 Å². The van der Waals surface area contributed by atoms with Crippen molar-refractivity contribution in [1.82, 2.24) is 9.62 Å². The average molecular weight is 465 g/mol. The van der Waals surface area contributed by atoms with Crippen LogP contribution in [0.2, 0.25) is 5.02 Å². The van der Waals surface area contributed by atoms with Crippen molar-refractivity contribution in [2.75, 3.05) is 25.5 Å². The second-order valence-electron chi connectivity index (χ2n) is 7.86. The summed E-state index contributed by atoms with van der Waals surface area (Å²) in [6, 6.07) is 12.0. The third kappa shape index (κ3) is 4.45. The van der Waals surface area contributed by atoms with Crippen LogP contribution in [-0.2, 0) is 20.4 Å². The fraction of sp³-hybridized carbons (Fsp3) is 0.333. The number of nitrogens with one attached hydrogen (secondary N) is 2. The summed E-state index contributed by atoms with van der Waals surface area (Å²) in [4.78, 5) is 25.8. The van der Waals surface area contributed by atoms with Crippen LogP contribution in [0.4, 0.5) is 5.69 Å². The Balaban J connectivity index is 2.05. The quantitative estimate of drug-likeness (QED) is 0.606. The average Bonchev–Trinajstić information content (AvgIpc) is 2.67. The van der Waals surface area contributed by atoms with Gasteiger partial charge in [0.1, 0.15) is 5.41 Å². The number of rotatable bonds is 6. The summed E-state index contributed by atoms with van der Waals surface area (Å²) < 4.78 is 24.8. The van der Waals surface area contributed by atoms with Gasteiger partial charge in [-0.15, -0.1) is 0 Å². The lowest BCUT2D eigenvalue weighted by atomic mass is 9.71. The van der Waals surface area contributed by atoms with Crippen molar-refractivity contribution in [1.29, 1.82) is 0 Å². The van der Waals surface area contributed by atoms with Crippen molar-refractivity contribution in [2.24, 2.45) is 5.14 Å². The molecule has 0 unspecified atom stereocenters. The predicted molar refractivity (Wildman–Crippen MR) is 120 cm³/mol. The molecule has 0 aromatic heterocycles. The Kier molecular flexibility index (Phi) is 6.43. The fourth-order valence-electron chi connectivity index (χ4n) is 3.80. The number of anilines is 1. The molecule has 4 N–H and O–H groups in total. The molecule has 166 valence electrons. The van der Waals surface area contributed by atoms with Crippen LogP contribution in [0.1, 0.15) is 41.3 Å². The van der Waals surface area contributed by atoms with Gasteiger partial charge in [-0.25, -0.2) is 5.14 Å². The van der Waals surface area contributed by atoms with Crippen molar-refractivity contribution in [3.63, 3.8) is 0 Å². The Hall–Kier alpha value is -2.46. The van der Waals surface area contributed by atoms with E-state index in [9.17, 15) is 18.0 Å². The van der Waals surface area contributed by atoms with Crippen LogP contribution in [0, 0.1) is 0 Å². The first kappa shape index (κ1) is 23.2. The first-order valence-electron chi connectivity index (χ1n) is 9.70. The first-order valence-corrected chi connectivity index (χ1v) is 11.6. The molecule has 31 heavy (non-hydrogen) atoms. The number of hydrogen-bond acceptors (Lipinski definition) is 4. The molecule has 0 bridgehead atoms. The van der Waals surface area contributed by atoms with Crippen molar-refractivity contribution >= 4 is 39.3 Å². The zero-order valence-electron chi connectivity index (χ0n) is 17.5. The molecule has 3 rings (SSSR count). The van der Waals surface area contributed by atoms with Gasteiger partial charge in [0.05, 0.1) is 11.3 Å². The summed E-state index contributed by atoms with van der Waals surface area (Å²) >= 11 is 6.02. The van der Waals surface area contributed by atoms with E-state index in [4.69, 9.17) is 16.7 Å². The van der Waals surface area contributed by atoms with Gasteiger partial charge in [-0.2, -0.15) is 12.7 Å². The topological polar surface area (TPSA) is 122 Å². The monoisotopic (exact) mass is 464 g/mol. The van der Waals surface area contributed by atoms with Crippen LogP contribution in [0.5, 0.6) is 0 Å². The molecule has 0 atom stereocenters. The first-order chi connectivity index (χ1) is 14.5. The lowest BCUT2D eigenvalue weighted by molar-refractivity contribution is -0.125. The molecule has 1 aliphatic heterocycles. The van der Waals surface area contributed by atoms with E-state index in [2.05, 4.69) is 10.6 Å². The van der Waals surface area contributed by atoms with E-state index < -0.39 is 27.4 Å². The number of carbonyl (C=O) groups is 2. The summed E-state index contributed by atoms with van der Waals surface area (Å²) in [7, 11) is -2.47. The maximum absolute atomic E-state index is 13.6. The summed E-state index contributed by atoms with van der Waals surface area (Å²) in [5.74, 6) is -0.719. The molecule has 2 amide bonds. The second-order valence-corrected chi connectivity index (χ2v) is 9.84. The lowest BCUT2D eigenvalue weighted by Gasteiger charge is -2.48. The maximum atomic E-state index is 13.6. The number of nitrogens with zero attached hydrogens (tertiary/aromatic N) is 1. The van der Waals surface area contributed by atoms with Crippen molar-refractivity contribution in [2.45, 2.75) is 25.2 Å². The zero-order chi connectivity index (χ0) is 23.0. The Labute approximate surface area is 186 Å². The molecule has 0 aliphatic carbocycles. The summed E-state index contributed by atoms with van der Waals surface area (Å²) in [5, 5.41) is 11.0. The highest BCUT2D eigenvalue weighted by Crippen LogP contribution is 2.40. The molecule has 1 aliphatic rings. The Morgan fingerprint density at radius 2 is 1.81 bits per heavy atom. The summed E-state index contributed by atoms with van der Waals surface area (Å²) in [6.07, 6.45) is 0. The molecular formula is C21H25ClN4O4S. The van der Waals surface area contributed by atoms with Gasteiger partial charge in [-0.05, 0) is 35.2 Å². The lowest BCUT2D eigenvalue weighted by Crippen LogP contribution is -2.67.